The molecule has 3 atom stereocenters. The van der Waals surface area contributed by atoms with E-state index >= 15 is 0 Å². The third kappa shape index (κ3) is 4.50. The molecular weight excluding hydrogens is 364 g/mol. The van der Waals surface area contributed by atoms with Crippen molar-refractivity contribution < 1.29 is 4.55 Å². The van der Waals surface area contributed by atoms with Crippen molar-refractivity contribution in [2.45, 2.75) is 52.3 Å². The number of benzene rings is 1. The normalized spacial score (nSPS) is 22.4. The molecule has 0 radical (unpaired) electrons. The number of hydrogen-bond acceptors (Lipinski definition) is 3. The van der Waals surface area contributed by atoms with Gasteiger partial charge < -0.3 is 4.55 Å². The van der Waals surface area contributed by atoms with Crippen LogP contribution in [0.2, 0.25) is 0 Å². The molecule has 0 saturated heterocycles. The molecule has 28 heavy (non-hydrogen) atoms. The van der Waals surface area contributed by atoms with E-state index in [1.165, 1.54) is 5.56 Å². The molecule has 0 saturated carbocycles. The fourth-order valence-electron chi connectivity index (χ4n) is 3.39. The first-order chi connectivity index (χ1) is 13.5. The Balaban J connectivity index is 2.00. The number of allylic oxidation sites excluding steroid dienone is 6. The second-order valence-electron chi connectivity index (χ2n) is 7.48. The number of hydrogen-bond donors (Lipinski definition) is 0. The van der Waals surface area contributed by atoms with Crippen LogP contribution in [0.3, 0.4) is 0 Å². The number of nitrogens with zero attached hydrogens (tertiary/aromatic N) is 2. The molecule has 1 heterocycles. The topological polar surface area (TPSA) is 38.7 Å². The summed E-state index contributed by atoms with van der Waals surface area (Å²) in [6, 6.07) is 8.30. The highest BCUT2D eigenvalue weighted by molar-refractivity contribution is 8.07. The molecule has 0 amide bonds. The monoisotopic (exact) mass is 394 g/mol. The van der Waals surface area contributed by atoms with E-state index in [1.807, 2.05) is 51.1 Å². The van der Waals surface area contributed by atoms with Crippen molar-refractivity contribution in [1.29, 1.82) is 0 Å². The lowest BCUT2D eigenvalue weighted by Crippen LogP contribution is -2.42. The Morgan fingerprint density at radius 1 is 1.36 bits per heavy atom. The van der Waals surface area contributed by atoms with Crippen molar-refractivity contribution in [2.75, 3.05) is 4.90 Å². The Kier molecular flexibility index (Phi) is 6.97. The van der Waals surface area contributed by atoms with Crippen LogP contribution in [0.1, 0.15) is 46.1 Å². The van der Waals surface area contributed by atoms with Crippen LogP contribution in [0, 0.1) is 5.92 Å². The zero-order chi connectivity index (χ0) is 20.1. The van der Waals surface area contributed by atoms with Gasteiger partial charge in [0.2, 0.25) is 0 Å². The van der Waals surface area contributed by atoms with Gasteiger partial charge in [0.1, 0.15) is 5.25 Å². The zero-order valence-corrected chi connectivity index (χ0v) is 18.1. The zero-order valence-electron chi connectivity index (χ0n) is 17.3. The van der Waals surface area contributed by atoms with E-state index in [1.54, 1.807) is 0 Å². The molecule has 3 unspecified atom stereocenters. The summed E-state index contributed by atoms with van der Waals surface area (Å²) in [6.07, 6.45) is 14.8. The lowest BCUT2D eigenvalue weighted by Gasteiger charge is -2.33. The van der Waals surface area contributed by atoms with Crippen LogP contribution in [0.25, 0.3) is 0 Å². The number of amidine groups is 1. The van der Waals surface area contributed by atoms with Crippen molar-refractivity contribution in [1.82, 2.24) is 0 Å². The molecule has 1 aromatic rings. The molecular formula is C24H30N2OS. The summed E-state index contributed by atoms with van der Waals surface area (Å²) in [5.41, 5.74) is 4.43. The van der Waals surface area contributed by atoms with Crippen LogP contribution >= 0.6 is 0 Å². The van der Waals surface area contributed by atoms with Gasteiger partial charge in [0.15, 0.2) is 0 Å². The minimum atomic E-state index is -1.24. The molecule has 2 aliphatic rings. The van der Waals surface area contributed by atoms with E-state index in [9.17, 15) is 4.55 Å². The van der Waals surface area contributed by atoms with E-state index in [2.05, 4.69) is 42.2 Å². The third-order valence-corrected chi connectivity index (χ3v) is 7.02. The average Bonchev–Trinajstić information content (AvgIpc) is 2.94. The summed E-state index contributed by atoms with van der Waals surface area (Å²) in [4.78, 5) is 6.90. The van der Waals surface area contributed by atoms with Crippen LogP contribution in [0.4, 0.5) is 5.69 Å². The molecule has 0 bridgehead atoms. The maximum atomic E-state index is 13.5. The molecule has 0 aromatic heterocycles. The minimum Gasteiger partial charge on any atom is -0.609 e. The Morgan fingerprint density at radius 2 is 2.14 bits per heavy atom. The van der Waals surface area contributed by atoms with E-state index in [0.717, 1.165) is 29.8 Å². The van der Waals surface area contributed by atoms with Gasteiger partial charge in [-0.2, -0.15) is 0 Å². The molecule has 3 nitrogen and oxygen atoms in total. The van der Waals surface area contributed by atoms with Crippen molar-refractivity contribution in [3.63, 3.8) is 0 Å². The molecule has 1 aliphatic carbocycles. The van der Waals surface area contributed by atoms with E-state index in [4.69, 9.17) is 4.99 Å². The predicted molar refractivity (Wildman–Crippen MR) is 122 cm³/mol. The summed E-state index contributed by atoms with van der Waals surface area (Å²) in [7, 11) is 0. The number of aliphatic imine (C=N–C) groups is 1. The largest absolute Gasteiger partial charge is 0.609 e. The van der Waals surface area contributed by atoms with Crippen LogP contribution in [0.5, 0.6) is 0 Å². The predicted octanol–water partition coefficient (Wildman–Crippen LogP) is 5.89. The van der Waals surface area contributed by atoms with Crippen molar-refractivity contribution in [3.05, 3.63) is 77.6 Å². The van der Waals surface area contributed by atoms with E-state index in [0.29, 0.717) is 17.6 Å². The van der Waals surface area contributed by atoms with E-state index in [-0.39, 0.29) is 5.25 Å². The van der Waals surface area contributed by atoms with Gasteiger partial charge in [-0.1, -0.05) is 55.5 Å². The average molecular weight is 395 g/mol. The fourth-order valence-corrected chi connectivity index (χ4v) is 4.70. The highest BCUT2D eigenvalue weighted by Gasteiger charge is 2.36. The summed E-state index contributed by atoms with van der Waals surface area (Å²) < 4.78 is 13.5. The standard InChI is InChI=1S/C24H30N2OS/c1-5-6-11-19(3)20(4)28(27)24-25-17-21-12-7-8-14-23(21)26(24)22-13-9-10-18(2)15-16-22/h5-8,11-16,18,20H,9-10,17H2,1-4H3/b6-5-,19-11+. The van der Waals surface area contributed by atoms with Crippen LogP contribution < -0.4 is 4.90 Å². The van der Waals surface area contributed by atoms with Crippen LogP contribution in [-0.2, 0) is 17.7 Å². The van der Waals surface area contributed by atoms with Crippen molar-refractivity contribution in [2.24, 2.45) is 10.9 Å². The van der Waals surface area contributed by atoms with Gasteiger partial charge in [0.05, 0.1) is 12.2 Å². The second-order valence-corrected chi connectivity index (χ2v) is 9.15. The van der Waals surface area contributed by atoms with Gasteiger partial charge in [-0.15, -0.1) is 0 Å². The Morgan fingerprint density at radius 3 is 2.93 bits per heavy atom. The first kappa shape index (κ1) is 20.7. The Bertz CT molecular complexity index is 850. The smallest absolute Gasteiger partial charge is 0.324 e. The van der Waals surface area contributed by atoms with Gasteiger partial charge in [0.25, 0.3) is 0 Å². The highest BCUT2D eigenvalue weighted by Crippen LogP contribution is 2.34. The molecule has 3 rings (SSSR count). The van der Waals surface area contributed by atoms with Gasteiger partial charge in [-0.25, -0.2) is 4.99 Å². The van der Waals surface area contributed by atoms with Gasteiger partial charge in [0, 0.05) is 16.9 Å². The first-order valence-electron chi connectivity index (χ1n) is 10.0. The fraction of sp³-hybridized carbons (Fsp3) is 0.375. The number of rotatable bonds is 4. The third-order valence-electron chi connectivity index (χ3n) is 5.33. The van der Waals surface area contributed by atoms with Crippen LogP contribution in [0.15, 0.2) is 77.0 Å². The van der Waals surface area contributed by atoms with Crippen LogP contribution in [-0.4, -0.2) is 15.0 Å². The summed E-state index contributed by atoms with van der Waals surface area (Å²) in [5.74, 6) is 0.546. The molecule has 4 heteroatoms. The second kappa shape index (κ2) is 9.44. The van der Waals surface area contributed by atoms with E-state index < -0.39 is 11.2 Å². The summed E-state index contributed by atoms with van der Waals surface area (Å²) in [5, 5.41) is 0.557. The number of para-hydroxylation sites is 1. The first-order valence-corrected chi connectivity index (χ1v) is 11.2. The van der Waals surface area contributed by atoms with Gasteiger partial charge in [-0.05, 0) is 62.8 Å². The minimum absolute atomic E-state index is 0.100. The quantitative estimate of drug-likeness (QED) is 0.471. The number of fused-ring (bicyclic) bond motifs is 1. The molecule has 0 N–H and O–H groups in total. The molecule has 1 aromatic carbocycles. The Labute approximate surface area is 172 Å². The maximum absolute atomic E-state index is 13.5. The highest BCUT2D eigenvalue weighted by atomic mass is 32.2. The van der Waals surface area contributed by atoms with Gasteiger partial charge >= 0.3 is 5.17 Å². The SMILES string of the molecule is C/C=C\C=C(/C)C(C)[S+]([O-])C1=NCc2ccccc2N1C1=CCCC(C)C=C1. The lowest BCUT2D eigenvalue weighted by molar-refractivity contribution is 0.599. The maximum Gasteiger partial charge on any atom is 0.324 e. The molecule has 148 valence electrons. The summed E-state index contributed by atoms with van der Waals surface area (Å²) in [6.45, 7) is 8.86. The van der Waals surface area contributed by atoms with Crippen molar-refractivity contribution in [3.8, 4) is 0 Å². The lowest BCUT2D eigenvalue weighted by atomic mass is 10.1. The molecule has 0 fully saturated rings. The summed E-state index contributed by atoms with van der Waals surface area (Å²) >= 11 is -1.24. The van der Waals surface area contributed by atoms with Crippen molar-refractivity contribution >= 4 is 22.0 Å². The Hall–Kier alpha value is -2.04. The molecule has 0 spiro atoms. The van der Waals surface area contributed by atoms with Gasteiger partial charge in [-0.3, -0.25) is 4.90 Å². The number of anilines is 1. The molecule has 1 aliphatic heterocycles.